The molecule has 21 heteroatoms. The molecule has 68 heavy (non-hydrogen) atoms. The maximum Gasteiger partial charge on any atom is 0.397 e. The smallest absolute Gasteiger partial charge is 0.394 e. The number of rotatable bonds is 10. The van der Waals surface area contributed by atoms with Gasteiger partial charge in [0, 0.05) is 24.2 Å². The number of hydrogen-bond donors (Lipinski definition) is 9. The first kappa shape index (κ1) is 51.9. The van der Waals surface area contributed by atoms with Crippen LogP contribution >= 0.6 is 0 Å². The van der Waals surface area contributed by atoms with Gasteiger partial charge in [-0.1, -0.05) is 39.3 Å². The van der Waals surface area contributed by atoms with Crippen molar-refractivity contribution in [3.8, 4) is 0 Å². The van der Waals surface area contributed by atoms with Gasteiger partial charge in [-0.2, -0.15) is 8.42 Å². The van der Waals surface area contributed by atoms with Crippen LogP contribution in [-0.2, 0) is 52.5 Å². The van der Waals surface area contributed by atoms with Crippen LogP contribution in [0.1, 0.15) is 107 Å². The highest BCUT2D eigenvalue weighted by molar-refractivity contribution is 7.80. The zero-order chi connectivity index (χ0) is 49.5. The van der Waals surface area contributed by atoms with Gasteiger partial charge in [-0.3, -0.25) is 4.55 Å². The van der Waals surface area contributed by atoms with Gasteiger partial charge in [-0.25, -0.2) is 4.18 Å². The van der Waals surface area contributed by atoms with E-state index in [9.17, 15) is 53.8 Å². The van der Waals surface area contributed by atoms with Crippen LogP contribution in [0, 0.1) is 45.3 Å². The van der Waals surface area contributed by atoms with Crippen LogP contribution < -0.4 is 0 Å². The van der Waals surface area contributed by atoms with Crippen molar-refractivity contribution in [3.05, 3.63) is 11.6 Å². The van der Waals surface area contributed by atoms with Gasteiger partial charge in [0.2, 0.25) is 0 Å². The number of aliphatic hydroxyl groups is 8. The molecule has 4 saturated carbocycles. The fraction of sp³-hybridized carbons (Fsp3) is 0.957. The molecule has 9 rings (SSSR count). The molecule has 0 aromatic heterocycles. The van der Waals surface area contributed by atoms with Crippen LogP contribution in [0.25, 0.3) is 0 Å². The topological polar surface area (TPSA) is 299 Å². The summed E-state index contributed by atoms with van der Waals surface area (Å²) in [7, 11) is -5.18. The van der Waals surface area contributed by atoms with Crippen LogP contribution in [0.2, 0.25) is 0 Å². The van der Waals surface area contributed by atoms with Crippen molar-refractivity contribution in [3.63, 3.8) is 0 Å². The van der Waals surface area contributed by atoms with Gasteiger partial charge in [0.25, 0.3) is 0 Å². The number of fused-ring (bicyclic) bond motifs is 4. The Balaban J connectivity index is 0.972. The normalized spacial score (nSPS) is 55.4. The van der Waals surface area contributed by atoms with E-state index in [0.717, 1.165) is 44.1 Å². The van der Waals surface area contributed by atoms with Crippen LogP contribution in [0.3, 0.4) is 0 Å². The van der Waals surface area contributed by atoms with Crippen molar-refractivity contribution in [1.82, 2.24) is 0 Å². The largest absolute Gasteiger partial charge is 0.397 e. The lowest BCUT2D eigenvalue weighted by atomic mass is 9.35. The maximum absolute atomic E-state index is 12.2. The zero-order valence-electron chi connectivity index (χ0n) is 40.3. The molecule has 0 aromatic carbocycles. The Kier molecular flexibility index (Phi) is 13.6. The molecule has 9 N–H and O–H groups in total. The molecule has 20 nitrogen and oxygen atoms in total. The molecule has 9 aliphatic rings. The number of allylic oxidation sites excluding steroid dienone is 1. The molecule has 2 bridgehead atoms. The molecule has 0 unspecified atom stereocenters. The number of ether oxygens (including phenoxy) is 8. The summed E-state index contributed by atoms with van der Waals surface area (Å²) >= 11 is 0. The van der Waals surface area contributed by atoms with E-state index in [1.807, 2.05) is 20.8 Å². The van der Waals surface area contributed by atoms with Gasteiger partial charge in [0.15, 0.2) is 24.7 Å². The maximum atomic E-state index is 12.2. The lowest BCUT2D eigenvalue weighted by Crippen LogP contribution is -2.68. The summed E-state index contributed by atoms with van der Waals surface area (Å²) in [6, 6.07) is 0. The summed E-state index contributed by atoms with van der Waals surface area (Å²) in [5.74, 6) is -0.222. The second-order valence-electron chi connectivity index (χ2n) is 23.5. The average Bonchev–Trinajstić information content (AvgIpc) is 3.76. The average molecular weight is 993 g/mol. The van der Waals surface area contributed by atoms with Crippen LogP contribution in [0.5, 0.6) is 0 Å². The summed E-state index contributed by atoms with van der Waals surface area (Å²) in [5.41, 5.74) is -0.703. The second-order valence-corrected chi connectivity index (χ2v) is 24.5. The van der Waals surface area contributed by atoms with Crippen molar-refractivity contribution in [2.24, 2.45) is 45.3 Å². The Hall–Kier alpha value is -1.03. The van der Waals surface area contributed by atoms with E-state index in [1.165, 1.54) is 6.92 Å². The molecule has 0 aromatic rings. The Morgan fingerprint density at radius 1 is 0.779 bits per heavy atom. The first-order chi connectivity index (χ1) is 31.6. The third-order valence-electron chi connectivity index (χ3n) is 18.9. The van der Waals surface area contributed by atoms with Crippen molar-refractivity contribution >= 4 is 10.4 Å². The van der Waals surface area contributed by atoms with Gasteiger partial charge < -0.3 is 78.7 Å². The van der Waals surface area contributed by atoms with Gasteiger partial charge in [-0.15, -0.1) is 0 Å². The fourth-order valence-corrected chi connectivity index (χ4v) is 16.5. The Morgan fingerprint density at radius 3 is 2.13 bits per heavy atom. The van der Waals surface area contributed by atoms with Gasteiger partial charge in [0.05, 0.1) is 43.7 Å². The highest BCUT2D eigenvalue weighted by Crippen LogP contribution is 2.80. The van der Waals surface area contributed by atoms with E-state index in [4.69, 9.17) is 37.9 Å². The summed E-state index contributed by atoms with van der Waals surface area (Å²) < 4.78 is 87.9. The molecular weight excluding hydrogens is 917 g/mol. The molecule has 9 fully saturated rings. The van der Waals surface area contributed by atoms with Crippen molar-refractivity contribution < 1.29 is 95.9 Å². The van der Waals surface area contributed by atoms with Gasteiger partial charge in [0.1, 0.15) is 61.0 Å². The Bertz CT molecular complexity index is 2000. The van der Waals surface area contributed by atoms with E-state index >= 15 is 0 Å². The predicted octanol–water partition coefficient (Wildman–Crippen LogP) is 0.821. The quantitative estimate of drug-likeness (QED) is 0.0832. The summed E-state index contributed by atoms with van der Waals surface area (Å²) in [6.45, 7) is 16.1. The minimum atomic E-state index is -5.18. The van der Waals surface area contributed by atoms with E-state index < -0.39 is 133 Å². The van der Waals surface area contributed by atoms with Crippen molar-refractivity contribution in [1.29, 1.82) is 0 Å². The van der Waals surface area contributed by atoms with Crippen LogP contribution in [0.15, 0.2) is 11.6 Å². The van der Waals surface area contributed by atoms with Crippen molar-refractivity contribution in [2.45, 2.75) is 216 Å². The monoisotopic (exact) mass is 992 g/mol. The molecule has 390 valence electrons. The lowest BCUT2D eigenvalue weighted by Gasteiger charge is -2.70. The number of hydrogen-bond acceptors (Lipinski definition) is 19. The zero-order valence-corrected chi connectivity index (χ0v) is 41.1. The third kappa shape index (κ3) is 8.21. The minimum Gasteiger partial charge on any atom is -0.394 e. The first-order valence-electron chi connectivity index (χ1n) is 24.6. The molecule has 25 atom stereocenters. The summed E-state index contributed by atoms with van der Waals surface area (Å²) in [6.07, 6.45) is -15.3. The lowest BCUT2D eigenvalue weighted by molar-refractivity contribution is -0.388. The van der Waals surface area contributed by atoms with Gasteiger partial charge >= 0.3 is 10.4 Å². The first-order valence-corrected chi connectivity index (χ1v) is 25.9. The molecule has 0 radical (unpaired) electrons. The molecule has 5 saturated heterocycles. The Labute approximate surface area is 398 Å². The van der Waals surface area contributed by atoms with E-state index in [-0.39, 0.29) is 40.1 Å². The molecule has 5 aliphatic heterocycles. The van der Waals surface area contributed by atoms with Gasteiger partial charge in [-0.05, 0) is 100 Å². The molecule has 2 spiro atoms. The van der Waals surface area contributed by atoms with Crippen LogP contribution in [0.4, 0.5) is 0 Å². The summed E-state index contributed by atoms with van der Waals surface area (Å²) in [4.78, 5) is 0. The van der Waals surface area contributed by atoms with Crippen LogP contribution in [-0.4, -0.2) is 183 Å². The van der Waals surface area contributed by atoms with E-state index in [1.54, 1.807) is 0 Å². The molecular formula is C47H76O20S. The van der Waals surface area contributed by atoms with Crippen molar-refractivity contribution in [2.75, 3.05) is 19.8 Å². The number of aliphatic hydroxyl groups excluding tert-OH is 7. The minimum absolute atomic E-state index is 0.105. The van der Waals surface area contributed by atoms with E-state index in [2.05, 4.69) is 38.0 Å². The molecule has 4 aliphatic carbocycles. The molecule has 5 heterocycles. The third-order valence-corrected chi connectivity index (χ3v) is 19.4. The SMILES string of the molecule is CC(C)=C[C@@H]1C[C@@](C)(O)[C@H]2[C@H]3CC[C@@H]4[C@@]5(C)CC[C@H](O[C@@H]6OC[C@H](O)[C@H](O[C@@H]7O[C@H](CO)[C@@H](OS(=O)(=O)O)[C@H](O)[C@H]7O)[C@H]6O[C@@H]6O[C@@H](C)[C@H](O)[C@@H](O)[C@@H]6O)C(C)(C)[C@@H]5CC[C@@]4(C)[C@@]34CO[C@@]2(C4)O1. The highest BCUT2D eigenvalue weighted by Gasteiger charge is 2.81. The van der Waals surface area contributed by atoms with E-state index in [0.29, 0.717) is 25.4 Å². The standard InChI is InChI=1S/C47H76O20S/c1-21(2)15-23-16-45(8,55)38-24-9-10-28-43(6)13-12-29(42(4,5)27(43)11-14-44(28,7)46(24)19-47(38,66-23)60-20-46)63-41-37(65-39-33(53)31(51)30(50)22(3)61-39)35(25(49)18-59-41)64-40-34(54)32(52)36(26(17-48)62-40)67-68(56,57)58/h15,22-41,48-55H,9-14,16-20H2,1-8H3,(H,56,57,58)/t22-,23+,24+,25-,26+,27-,28+,29-,30-,31+,32+,33-,34+,35-,36+,37+,38+,39-,40-,41-,43-,44+,45+,46-,47-/m0/s1. The second kappa shape index (κ2) is 17.8. The molecule has 0 amide bonds. The fourth-order valence-electron chi connectivity index (χ4n) is 16.0. The Morgan fingerprint density at radius 2 is 1.46 bits per heavy atom. The highest BCUT2D eigenvalue weighted by atomic mass is 32.3. The summed E-state index contributed by atoms with van der Waals surface area (Å²) in [5, 5.41) is 88.2. The predicted molar refractivity (Wildman–Crippen MR) is 234 cm³/mol.